The lowest BCUT2D eigenvalue weighted by atomic mass is 9.97. The van der Waals surface area contributed by atoms with Crippen molar-refractivity contribution in [1.82, 2.24) is 9.88 Å². The smallest absolute Gasteiger partial charge is 0.244 e. The van der Waals surface area contributed by atoms with Gasteiger partial charge >= 0.3 is 0 Å². The van der Waals surface area contributed by atoms with Gasteiger partial charge in [-0.1, -0.05) is 23.7 Å². The highest BCUT2D eigenvalue weighted by Crippen LogP contribution is 2.31. The predicted molar refractivity (Wildman–Crippen MR) is 98.2 cm³/mol. The fourth-order valence-corrected chi connectivity index (χ4v) is 3.54. The predicted octanol–water partition coefficient (Wildman–Crippen LogP) is 3.30. The maximum atomic E-state index is 12.7. The van der Waals surface area contributed by atoms with Crippen molar-refractivity contribution >= 4 is 28.9 Å². The highest BCUT2D eigenvalue weighted by molar-refractivity contribution is 6.51. The van der Waals surface area contributed by atoms with Crippen LogP contribution in [0.4, 0.5) is 0 Å². The van der Waals surface area contributed by atoms with E-state index < -0.39 is 0 Å². The summed E-state index contributed by atoms with van der Waals surface area (Å²) in [7, 11) is 0. The van der Waals surface area contributed by atoms with E-state index in [1.165, 1.54) is 12.8 Å². The van der Waals surface area contributed by atoms with Crippen LogP contribution < -0.4 is 0 Å². The highest BCUT2D eigenvalue weighted by atomic mass is 35.5. The van der Waals surface area contributed by atoms with Crippen molar-refractivity contribution in [2.75, 3.05) is 26.2 Å². The molecule has 0 N–H and O–H groups in total. The van der Waals surface area contributed by atoms with E-state index in [0.717, 1.165) is 19.6 Å². The lowest BCUT2D eigenvalue weighted by molar-refractivity contribution is 0.0949. The Balaban J connectivity index is 1.57. The molecule has 1 saturated heterocycles. The molecule has 2 heterocycles. The maximum Gasteiger partial charge on any atom is 0.244 e. The number of aliphatic imine (C=N–C) groups is 1. The maximum absolute atomic E-state index is 12.7. The summed E-state index contributed by atoms with van der Waals surface area (Å²) >= 11 is 6.16. The lowest BCUT2D eigenvalue weighted by Crippen LogP contribution is -2.28. The molecule has 1 aliphatic heterocycles. The van der Waals surface area contributed by atoms with Crippen molar-refractivity contribution in [3.05, 3.63) is 40.7 Å². The molecule has 1 aliphatic carbocycles. The molecule has 4 rings (SSSR count). The monoisotopic (exact) mass is 371 g/mol. The second kappa shape index (κ2) is 7.13. The van der Waals surface area contributed by atoms with Gasteiger partial charge in [0.25, 0.3) is 0 Å². The second-order valence-electron chi connectivity index (χ2n) is 6.48. The average Bonchev–Trinajstić information content (AvgIpc) is 3.29. The van der Waals surface area contributed by atoms with Crippen LogP contribution in [0.2, 0.25) is 5.02 Å². The van der Waals surface area contributed by atoms with Crippen molar-refractivity contribution in [3.63, 3.8) is 0 Å². The molecule has 7 heteroatoms. The second-order valence-corrected chi connectivity index (χ2v) is 6.89. The van der Waals surface area contributed by atoms with Gasteiger partial charge in [-0.15, -0.1) is 0 Å². The topological polar surface area (TPSA) is 75.8 Å². The Morgan fingerprint density at radius 2 is 1.96 bits per heavy atom. The molecule has 6 nitrogen and oxygen atoms in total. The number of ketones is 2. The van der Waals surface area contributed by atoms with Crippen LogP contribution in [-0.2, 0) is 0 Å². The molecule has 0 atom stereocenters. The molecule has 2 aromatic rings. The third-order valence-electron chi connectivity index (χ3n) is 4.71. The third-order valence-corrected chi connectivity index (χ3v) is 5.04. The van der Waals surface area contributed by atoms with Gasteiger partial charge in [0.15, 0.2) is 11.5 Å². The number of benzene rings is 1. The van der Waals surface area contributed by atoms with Gasteiger partial charge in [0, 0.05) is 6.54 Å². The molecule has 0 spiro atoms. The number of halogens is 1. The number of carbonyl (C=O) groups is 2. The van der Waals surface area contributed by atoms with Crippen LogP contribution in [0.1, 0.15) is 40.3 Å². The van der Waals surface area contributed by atoms with Gasteiger partial charge in [0.05, 0.1) is 29.3 Å². The number of carbonyl (C=O) groups excluding carboxylic acids is 2. The molecule has 0 radical (unpaired) electrons. The van der Waals surface area contributed by atoms with E-state index in [1.54, 1.807) is 24.3 Å². The summed E-state index contributed by atoms with van der Waals surface area (Å²) in [6, 6.07) is 7.02. The Morgan fingerprint density at radius 3 is 2.73 bits per heavy atom. The minimum absolute atomic E-state index is 0.0275. The molecule has 0 amide bonds. The van der Waals surface area contributed by atoms with E-state index in [0.29, 0.717) is 17.1 Å². The van der Waals surface area contributed by atoms with Gasteiger partial charge in [-0.3, -0.25) is 14.6 Å². The van der Waals surface area contributed by atoms with Crippen molar-refractivity contribution < 1.29 is 14.0 Å². The molecule has 26 heavy (non-hydrogen) atoms. The van der Waals surface area contributed by atoms with Gasteiger partial charge < -0.3 is 9.32 Å². The van der Waals surface area contributed by atoms with E-state index in [-0.39, 0.29) is 41.0 Å². The minimum Gasteiger partial charge on any atom is -0.432 e. The summed E-state index contributed by atoms with van der Waals surface area (Å²) in [4.78, 5) is 35.9. The van der Waals surface area contributed by atoms with Crippen LogP contribution in [0, 0.1) is 0 Å². The first-order valence-electron chi connectivity index (χ1n) is 8.73. The number of hydrogen-bond acceptors (Lipinski definition) is 6. The quantitative estimate of drug-likeness (QED) is 0.824. The summed E-state index contributed by atoms with van der Waals surface area (Å²) in [6.07, 6.45) is 2.39. The highest BCUT2D eigenvalue weighted by Gasteiger charge is 2.35. The number of fused-ring (bicyclic) bond motifs is 1. The van der Waals surface area contributed by atoms with Gasteiger partial charge in [0.1, 0.15) is 0 Å². The Hall–Kier alpha value is -2.31. The lowest BCUT2D eigenvalue weighted by Gasteiger charge is -2.13. The number of Topliss-reactive ketones (excluding diaryl/α,β-unsaturated/α-hetero) is 2. The largest absolute Gasteiger partial charge is 0.432 e. The van der Waals surface area contributed by atoms with Crippen LogP contribution in [0.3, 0.4) is 0 Å². The number of oxazole rings is 1. The zero-order chi connectivity index (χ0) is 18.1. The van der Waals surface area contributed by atoms with Crippen LogP contribution in [0.15, 0.2) is 33.7 Å². The van der Waals surface area contributed by atoms with Crippen molar-refractivity contribution in [2.24, 2.45) is 4.99 Å². The first-order chi connectivity index (χ1) is 12.6. The standard InChI is InChI=1S/C19H18ClN3O3/c20-13-6-2-1-5-12(13)19-22-16-15(24)11-14(17(25)18(16)26-19)21-7-10-23-8-3-4-9-23/h1-2,5-6H,3-4,7-11H2. The zero-order valence-electron chi connectivity index (χ0n) is 14.2. The summed E-state index contributed by atoms with van der Waals surface area (Å²) in [5, 5.41) is 0.450. The van der Waals surface area contributed by atoms with Crippen LogP contribution >= 0.6 is 11.6 Å². The number of likely N-dealkylation sites (tertiary alicyclic amines) is 1. The Labute approximate surface area is 155 Å². The Bertz CT molecular complexity index is 897. The normalized spacial score (nSPS) is 19.3. The van der Waals surface area contributed by atoms with E-state index in [2.05, 4.69) is 14.9 Å². The number of aromatic nitrogens is 1. The van der Waals surface area contributed by atoms with Crippen LogP contribution in [0.5, 0.6) is 0 Å². The molecule has 1 aromatic carbocycles. The average molecular weight is 372 g/mol. The van der Waals surface area contributed by atoms with E-state index in [1.807, 2.05) is 0 Å². The molecule has 134 valence electrons. The first kappa shape index (κ1) is 17.1. The minimum atomic E-state index is -0.355. The van der Waals surface area contributed by atoms with E-state index >= 15 is 0 Å². The SMILES string of the molecule is O=C1CC(=NCCN2CCCC2)C(=O)c2oc(-c3ccccc3Cl)nc21. The van der Waals surface area contributed by atoms with Crippen LogP contribution in [-0.4, -0.2) is 53.3 Å². The summed E-state index contributed by atoms with van der Waals surface area (Å²) < 4.78 is 5.61. The van der Waals surface area contributed by atoms with Crippen molar-refractivity contribution in [3.8, 4) is 11.5 Å². The number of nitrogens with zero attached hydrogens (tertiary/aromatic N) is 3. The zero-order valence-corrected chi connectivity index (χ0v) is 15.0. The molecule has 1 fully saturated rings. The van der Waals surface area contributed by atoms with Gasteiger partial charge in [-0.05, 0) is 38.1 Å². The molecular formula is C19H18ClN3O3. The molecule has 0 unspecified atom stereocenters. The number of rotatable bonds is 4. The molecule has 1 aromatic heterocycles. The fourth-order valence-electron chi connectivity index (χ4n) is 3.32. The summed E-state index contributed by atoms with van der Waals surface area (Å²) in [5.74, 6) is -0.454. The third kappa shape index (κ3) is 3.22. The van der Waals surface area contributed by atoms with Crippen molar-refractivity contribution in [2.45, 2.75) is 19.3 Å². The van der Waals surface area contributed by atoms with Gasteiger partial charge in [-0.2, -0.15) is 0 Å². The summed E-state index contributed by atoms with van der Waals surface area (Å²) in [6.45, 7) is 3.46. The molecule has 0 bridgehead atoms. The van der Waals surface area contributed by atoms with E-state index in [9.17, 15) is 9.59 Å². The summed E-state index contributed by atoms with van der Waals surface area (Å²) in [5.41, 5.74) is 0.878. The molecule has 0 saturated carbocycles. The van der Waals surface area contributed by atoms with Gasteiger partial charge in [-0.25, -0.2) is 4.98 Å². The fraction of sp³-hybridized carbons (Fsp3) is 0.368. The number of hydrogen-bond donors (Lipinski definition) is 0. The van der Waals surface area contributed by atoms with Gasteiger partial charge in [0.2, 0.25) is 17.4 Å². The Kier molecular flexibility index (Phi) is 4.70. The van der Waals surface area contributed by atoms with Crippen molar-refractivity contribution in [1.29, 1.82) is 0 Å². The van der Waals surface area contributed by atoms with E-state index in [4.69, 9.17) is 16.0 Å². The molecule has 2 aliphatic rings. The Morgan fingerprint density at radius 1 is 1.19 bits per heavy atom. The van der Waals surface area contributed by atoms with Crippen LogP contribution in [0.25, 0.3) is 11.5 Å². The molecular weight excluding hydrogens is 354 g/mol. The first-order valence-corrected chi connectivity index (χ1v) is 9.10.